The van der Waals surface area contributed by atoms with E-state index in [4.69, 9.17) is 0 Å². The first-order chi connectivity index (χ1) is 9.22. The van der Waals surface area contributed by atoms with Crippen molar-refractivity contribution in [2.75, 3.05) is 4.72 Å². The monoisotopic (exact) mass is 430 g/mol. The molecule has 0 unspecified atom stereocenters. The number of anilines is 1. The van der Waals surface area contributed by atoms with Crippen molar-refractivity contribution in [3.8, 4) is 0 Å². The molecule has 0 atom stereocenters. The predicted octanol–water partition coefficient (Wildman–Crippen LogP) is 2.42. The average molecular weight is 432 g/mol. The topological polar surface area (TPSA) is 76.9 Å². The first-order valence-electron chi connectivity index (χ1n) is 4.95. The highest BCUT2D eigenvalue weighted by Crippen LogP contribution is 2.26. The molecular weight excluding hydrogens is 426 g/mol. The van der Waals surface area contributed by atoms with E-state index in [9.17, 15) is 17.2 Å². The van der Waals surface area contributed by atoms with Crippen LogP contribution in [0.15, 0.2) is 26.2 Å². The number of hydrogen-bond donors (Lipinski definition) is 1. The third-order valence-corrected chi connectivity index (χ3v) is 5.11. The molecule has 6 nitrogen and oxygen atoms in total. The summed E-state index contributed by atoms with van der Waals surface area (Å²) in [5.74, 6) is -1.72. The molecule has 1 aromatic heterocycles. The van der Waals surface area contributed by atoms with Crippen molar-refractivity contribution in [2.24, 2.45) is 7.05 Å². The van der Waals surface area contributed by atoms with Gasteiger partial charge in [0.05, 0.1) is 10.2 Å². The molecule has 0 bridgehead atoms. The van der Waals surface area contributed by atoms with Gasteiger partial charge in [-0.3, -0.25) is 4.72 Å². The molecule has 0 aliphatic carbocycles. The Hall–Kier alpha value is -1.07. The number of nitrogens with zero attached hydrogens (tertiary/aromatic N) is 3. The highest BCUT2D eigenvalue weighted by molar-refractivity contribution is 9.10. The van der Waals surface area contributed by atoms with E-state index >= 15 is 0 Å². The fraction of sp³-hybridized carbons (Fsp3) is 0.111. The van der Waals surface area contributed by atoms with Crippen LogP contribution in [0.2, 0.25) is 0 Å². The number of aromatic nitrogens is 3. The summed E-state index contributed by atoms with van der Waals surface area (Å²) >= 11 is 5.72. The zero-order valence-electron chi connectivity index (χ0n) is 9.73. The summed E-state index contributed by atoms with van der Waals surface area (Å²) in [5, 5.41) is 6.71. The smallest absolute Gasteiger partial charge is 0.275 e. The maximum Gasteiger partial charge on any atom is 0.282 e. The van der Waals surface area contributed by atoms with Crippen molar-refractivity contribution in [3.05, 3.63) is 32.8 Å². The molecule has 0 aliphatic rings. The van der Waals surface area contributed by atoms with Crippen molar-refractivity contribution in [1.82, 2.24) is 15.0 Å². The number of nitrogens with one attached hydrogen (secondary N) is 1. The summed E-state index contributed by atoms with van der Waals surface area (Å²) in [7, 11) is -2.81. The number of hydrogen-bond acceptors (Lipinski definition) is 4. The Morgan fingerprint density at radius 2 is 1.90 bits per heavy atom. The van der Waals surface area contributed by atoms with Gasteiger partial charge < -0.3 is 0 Å². The molecule has 2 aromatic rings. The van der Waals surface area contributed by atoms with Crippen LogP contribution in [-0.4, -0.2) is 23.4 Å². The van der Waals surface area contributed by atoms with Crippen LogP contribution in [0.1, 0.15) is 0 Å². The molecule has 0 amide bonds. The summed E-state index contributed by atoms with van der Waals surface area (Å²) in [5.41, 5.74) is -0.515. The van der Waals surface area contributed by atoms with Crippen LogP contribution in [0, 0.1) is 11.6 Å². The zero-order valence-corrected chi connectivity index (χ0v) is 13.7. The minimum absolute atomic E-state index is 0.0366. The fourth-order valence-corrected chi connectivity index (χ4v) is 3.87. The van der Waals surface area contributed by atoms with Gasteiger partial charge in [0.1, 0.15) is 11.6 Å². The Balaban J connectivity index is 2.47. The van der Waals surface area contributed by atoms with Gasteiger partial charge in [-0.25, -0.2) is 13.5 Å². The van der Waals surface area contributed by atoms with Gasteiger partial charge in [0.15, 0.2) is 4.60 Å². The van der Waals surface area contributed by atoms with Crippen LogP contribution in [0.4, 0.5) is 14.5 Å². The van der Waals surface area contributed by atoms with Crippen molar-refractivity contribution in [3.63, 3.8) is 0 Å². The van der Waals surface area contributed by atoms with E-state index in [-0.39, 0.29) is 14.1 Å². The predicted molar refractivity (Wildman–Crippen MR) is 73.6 cm³/mol. The van der Waals surface area contributed by atoms with Crippen molar-refractivity contribution in [2.45, 2.75) is 5.03 Å². The van der Waals surface area contributed by atoms with Gasteiger partial charge in [-0.15, -0.1) is 5.10 Å². The molecule has 0 aliphatic heterocycles. The lowest BCUT2D eigenvalue weighted by molar-refractivity contribution is 0.576. The molecule has 20 heavy (non-hydrogen) atoms. The number of benzene rings is 1. The van der Waals surface area contributed by atoms with E-state index in [0.29, 0.717) is 0 Å². The molecule has 11 heteroatoms. The van der Waals surface area contributed by atoms with E-state index in [2.05, 4.69) is 42.2 Å². The summed E-state index contributed by atoms with van der Waals surface area (Å²) in [6.45, 7) is 0. The van der Waals surface area contributed by atoms with Crippen LogP contribution in [-0.2, 0) is 17.1 Å². The van der Waals surface area contributed by atoms with E-state index in [1.807, 2.05) is 4.72 Å². The van der Waals surface area contributed by atoms with Gasteiger partial charge in [0.2, 0.25) is 5.03 Å². The van der Waals surface area contributed by atoms with Crippen LogP contribution in [0.3, 0.4) is 0 Å². The molecule has 1 N–H and O–H groups in total. The molecule has 0 radical (unpaired) electrons. The second-order valence-corrected chi connectivity index (χ2v) is 6.86. The number of rotatable bonds is 3. The second kappa shape index (κ2) is 5.37. The van der Waals surface area contributed by atoms with Crippen LogP contribution in [0.5, 0.6) is 0 Å². The molecule has 0 spiro atoms. The lowest BCUT2D eigenvalue weighted by Crippen LogP contribution is -2.18. The lowest BCUT2D eigenvalue weighted by atomic mass is 10.3. The maximum absolute atomic E-state index is 13.6. The number of aryl methyl sites for hydroxylation is 1. The molecule has 0 saturated heterocycles. The lowest BCUT2D eigenvalue weighted by Gasteiger charge is -2.09. The quantitative estimate of drug-likeness (QED) is 0.757. The second-order valence-electron chi connectivity index (χ2n) is 3.66. The molecule has 2 rings (SSSR count). The van der Waals surface area contributed by atoms with Crippen molar-refractivity contribution >= 4 is 47.6 Å². The Morgan fingerprint density at radius 3 is 2.45 bits per heavy atom. The van der Waals surface area contributed by atoms with E-state index < -0.39 is 27.3 Å². The summed E-state index contributed by atoms with van der Waals surface area (Å²) in [6.07, 6.45) is 0. The average Bonchev–Trinajstić information content (AvgIpc) is 2.66. The Bertz CT molecular complexity index is 759. The van der Waals surface area contributed by atoms with E-state index in [1.54, 1.807) is 0 Å². The normalized spacial score (nSPS) is 11.7. The molecule has 0 fully saturated rings. The van der Waals surface area contributed by atoms with Crippen LogP contribution in [0.25, 0.3) is 0 Å². The summed E-state index contributed by atoms with van der Waals surface area (Å²) in [6, 6.07) is 1.55. The van der Waals surface area contributed by atoms with Gasteiger partial charge in [-0.05, 0) is 37.9 Å². The van der Waals surface area contributed by atoms with Gasteiger partial charge in [0, 0.05) is 13.1 Å². The van der Waals surface area contributed by atoms with Crippen LogP contribution < -0.4 is 4.72 Å². The minimum Gasteiger partial charge on any atom is -0.275 e. The summed E-state index contributed by atoms with van der Waals surface area (Å²) < 4.78 is 54.0. The first-order valence-corrected chi connectivity index (χ1v) is 8.02. The number of sulfonamides is 1. The SMILES string of the molecule is Cn1nnc(Br)c1S(=O)(=O)Nc1cc(F)c(Br)cc1F. The Kier molecular flexibility index (Phi) is 4.12. The van der Waals surface area contributed by atoms with E-state index in [0.717, 1.165) is 16.8 Å². The molecule has 1 heterocycles. The Labute approximate surface area is 129 Å². The zero-order chi connectivity index (χ0) is 15.1. The van der Waals surface area contributed by atoms with Gasteiger partial charge >= 0.3 is 0 Å². The molecular formula is C9H6Br2F2N4O2S. The summed E-state index contributed by atoms with van der Waals surface area (Å²) in [4.78, 5) is 0. The van der Waals surface area contributed by atoms with Gasteiger partial charge in [0.25, 0.3) is 10.0 Å². The largest absolute Gasteiger partial charge is 0.282 e. The van der Waals surface area contributed by atoms with Gasteiger partial charge in [-0.2, -0.15) is 8.42 Å². The van der Waals surface area contributed by atoms with Gasteiger partial charge in [-0.1, -0.05) is 5.21 Å². The molecule has 0 saturated carbocycles. The first kappa shape index (κ1) is 15.3. The standard InChI is InChI=1S/C9H6Br2F2N4O2S/c1-17-9(8(11)14-16-17)20(18,19)15-7-3-5(12)4(10)2-6(7)13/h2-3,15H,1H3. The van der Waals surface area contributed by atoms with Crippen molar-refractivity contribution < 1.29 is 17.2 Å². The highest BCUT2D eigenvalue weighted by Gasteiger charge is 2.25. The minimum atomic E-state index is -4.16. The molecule has 108 valence electrons. The highest BCUT2D eigenvalue weighted by atomic mass is 79.9. The molecule has 1 aromatic carbocycles. The third-order valence-electron chi connectivity index (χ3n) is 2.25. The third kappa shape index (κ3) is 2.83. The van der Waals surface area contributed by atoms with Crippen molar-refractivity contribution in [1.29, 1.82) is 0 Å². The number of halogens is 4. The fourth-order valence-electron chi connectivity index (χ4n) is 1.40. The maximum atomic E-state index is 13.6. The van der Waals surface area contributed by atoms with E-state index in [1.165, 1.54) is 7.05 Å². The van der Waals surface area contributed by atoms with Crippen LogP contribution >= 0.6 is 31.9 Å². The Morgan fingerprint density at radius 1 is 1.25 bits per heavy atom.